The van der Waals surface area contributed by atoms with Gasteiger partial charge in [0.15, 0.2) is 0 Å². The Morgan fingerprint density at radius 1 is 1.15 bits per heavy atom. The molecule has 1 fully saturated rings. The summed E-state index contributed by atoms with van der Waals surface area (Å²) in [4.78, 5) is 25.2. The molecular formula is C29H33Cl2F2N3O3. The predicted octanol–water partition coefficient (Wildman–Crippen LogP) is 6.05. The Bertz CT molecular complexity index is 1310. The van der Waals surface area contributed by atoms with Gasteiger partial charge in [-0.2, -0.15) is 5.26 Å². The van der Waals surface area contributed by atoms with Crippen molar-refractivity contribution < 1.29 is 23.1 Å². The van der Waals surface area contributed by atoms with E-state index in [0.717, 1.165) is 6.07 Å². The molecular weight excluding hydrogens is 547 g/mol. The van der Waals surface area contributed by atoms with Gasteiger partial charge in [-0.15, -0.1) is 0 Å². The lowest BCUT2D eigenvalue weighted by Crippen LogP contribution is -2.49. The maximum Gasteiger partial charge on any atom is 0.303 e. The lowest BCUT2D eigenvalue weighted by Gasteiger charge is -2.37. The van der Waals surface area contributed by atoms with Crippen LogP contribution in [0.1, 0.15) is 65.0 Å². The number of rotatable bonds is 7. The van der Waals surface area contributed by atoms with E-state index in [1.165, 1.54) is 37.3 Å². The summed E-state index contributed by atoms with van der Waals surface area (Å²) >= 11 is 12.2. The molecule has 210 valence electrons. The molecule has 4 atom stereocenters. The van der Waals surface area contributed by atoms with Crippen LogP contribution in [0.25, 0.3) is 0 Å². The number of amides is 1. The molecule has 0 bridgehead atoms. The van der Waals surface area contributed by atoms with E-state index in [-0.39, 0.29) is 33.1 Å². The normalized spacial score (nSPS) is 23.3. The van der Waals surface area contributed by atoms with Crippen LogP contribution in [0.4, 0.5) is 8.78 Å². The topological polar surface area (TPSA) is 91.2 Å². The zero-order valence-electron chi connectivity index (χ0n) is 22.8. The summed E-state index contributed by atoms with van der Waals surface area (Å²) in [5, 5.41) is 16.8. The fraction of sp³-hybridized carbons (Fsp3) is 0.483. The number of esters is 1. The van der Waals surface area contributed by atoms with E-state index in [4.69, 9.17) is 27.9 Å². The third-order valence-corrected chi connectivity index (χ3v) is 7.37. The van der Waals surface area contributed by atoms with E-state index < -0.39 is 52.5 Å². The second kappa shape index (κ2) is 11.4. The molecule has 6 nitrogen and oxygen atoms in total. The van der Waals surface area contributed by atoms with Gasteiger partial charge in [0.05, 0.1) is 23.7 Å². The van der Waals surface area contributed by atoms with Crippen molar-refractivity contribution in [3.8, 4) is 6.07 Å². The van der Waals surface area contributed by atoms with Crippen LogP contribution in [0.5, 0.6) is 0 Å². The molecule has 10 heteroatoms. The molecule has 2 aromatic carbocycles. The standard InChI is InChI=1S/C29H33Cl2F2N3O3/c1-16(37)39-28(5,6)15-35-26(38)25-23(18-8-7-9-20(31)24(18)33)29(14-34,22(36-25)13-27(2,3)4)19-11-10-17(30)12-21(19)32/h7-12,22-23,25,36H,13,15H2,1-6H3,(H,35,38)/t22-,23-,25+,29-/m0/s1. The van der Waals surface area contributed by atoms with Crippen LogP contribution in [-0.2, 0) is 19.7 Å². The molecule has 1 saturated heterocycles. The van der Waals surface area contributed by atoms with Crippen molar-refractivity contribution in [3.05, 3.63) is 69.2 Å². The first kappa shape index (κ1) is 30.8. The number of nitrogens with zero attached hydrogens (tertiary/aromatic N) is 1. The van der Waals surface area contributed by atoms with Gasteiger partial charge in [-0.25, -0.2) is 8.78 Å². The van der Waals surface area contributed by atoms with Gasteiger partial charge in [0.2, 0.25) is 5.91 Å². The summed E-state index contributed by atoms with van der Waals surface area (Å²) in [5.74, 6) is -3.80. The molecule has 1 heterocycles. The second-order valence-electron chi connectivity index (χ2n) is 11.8. The van der Waals surface area contributed by atoms with E-state index >= 15 is 8.78 Å². The van der Waals surface area contributed by atoms with Gasteiger partial charge in [0.25, 0.3) is 0 Å². The summed E-state index contributed by atoms with van der Waals surface area (Å²) in [6.45, 7) is 10.4. The van der Waals surface area contributed by atoms with E-state index in [1.807, 2.05) is 20.8 Å². The zero-order chi connectivity index (χ0) is 29.3. The smallest absolute Gasteiger partial charge is 0.303 e. The molecule has 0 aromatic heterocycles. The average Bonchev–Trinajstić information content (AvgIpc) is 3.11. The number of carbonyl (C=O) groups excluding carboxylic acids is 2. The number of nitriles is 1. The van der Waals surface area contributed by atoms with Gasteiger partial charge in [-0.1, -0.05) is 62.2 Å². The SMILES string of the molecule is CC(=O)OC(C)(C)CNC(=O)[C@@H]1N[C@@H](CC(C)(C)C)[C@](C#N)(c2ccc(Cl)cc2F)[C@H]1c1cccc(Cl)c1F. The molecule has 0 unspecified atom stereocenters. The lowest BCUT2D eigenvalue weighted by atomic mass is 9.62. The van der Waals surface area contributed by atoms with Crippen LogP contribution in [0.2, 0.25) is 10.0 Å². The van der Waals surface area contributed by atoms with E-state index in [1.54, 1.807) is 13.8 Å². The van der Waals surface area contributed by atoms with Crippen LogP contribution in [0, 0.1) is 28.4 Å². The second-order valence-corrected chi connectivity index (χ2v) is 12.6. The predicted molar refractivity (Wildman–Crippen MR) is 146 cm³/mol. The van der Waals surface area contributed by atoms with E-state index in [0.29, 0.717) is 6.42 Å². The van der Waals surface area contributed by atoms with Gasteiger partial charge in [-0.05, 0) is 49.4 Å². The van der Waals surface area contributed by atoms with Crippen molar-refractivity contribution in [3.63, 3.8) is 0 Å². The summed E-state index contributed by atoms with van der Waals surface area (Å²) in [5.41, 5.74) is -3.11. The number of carbonyl (C=O) groups is 2. The maximum absolute atomic E-state index is 15.7. The molecule has 1 aliphatic heterocycles. The highest BCUT2D eigenvalue weighted by atomic mass is 35.5. The Kier molecular flexibility index (Phi) is 9.01. The number of halogens is 4. The molecule has 2 aromatic rings. The largest absolute Gasteiger partial charge is 0.458 e. The van der Waals surface area contributed by atoms with Crippen molar-refractivity contribution >= 4 is 35.1 Å². The monoisotopic (exact) mass is 579 g/mol. The van der Waals surface area contributed by atoms with Crippen molar-refractivity contribution in [2.75, 3.05) is 6.54 Å². The first-order chi connectivity index (χ1) is 18.0. The Morgan fingerprint density at radius 2 is 1.82 bits per heavy atom. The molecule has 3 rings (SSSR count). The maximum atomic E-state index is 15.7. The number of benzene rings is 2. The third kappa shape index (κ3) is 6.54. The van der Waals surface area contributed by atoms with E-state index in [9.17, 15) is 14.9 Å². The lowest BCUT2D eigenvalue weighted by molar-refractivity contribution is -0.154. The Morgan fingerprint density at radius 3 is 2.38 bits per heavy atom. The third-order valence-electron chi connectivity index (χ3n) is 6.84. The molecule has 1 aliphatic rings. The van der Waals surface area contributed by atoms with Crippen LogP contribution in [0.3, 0.4) is 0 Å². The summed E-state index contributed by atoms with van der Waals surface area (Å²) in [6, 6.07) is 8.70. The fourth-order valence-corrected chi connectivity index (χ4v) is 5.73. The molecule has 1 amide bonds. The van der Waals surface area contributed by atoms with E-state index in [2.05, 4.69) is 16.7 Å². The molecule has 0 saturated carbocycles. The van der Waals surface area contributed by atoms with Crippen LogP contribution >= 0.6 is 23.2 Å². The Balaban J connectivity index is 2.24. The van der Waals surface area contributed by atoms with Crippen molar-refractivity contribution in [2.24, 2.45) is 5.41 Å². The molecule has 2 N–H and O–H groups in total. The number of hydrogen-bond donors (Lipinski definition) is 2. The molecule has 39 heavy (non-hydrogen) atoms. The fourth-order valence-electron chi connectivity index (χ4n) is 5.39. The molecule has 0 aliphatic carbocycles. The number of nitrogens with one attached hydrogen (secondary N) is 2. The van der Waals surface area contributed by atoms with Crippen molar-refractivity contribution in [1.82, 2.24) is 10.6 Å². The van der Waals surface area contributed by atoms with Gasteiger partial charge < -0.3 is 15.4 Å². The number of ether oxygens (including phenoxy) is 1. The minimum Gasteiger partial charge on any atom is -0.458 e. The molecule has 0 radical (unpaired) electrons. The highest BCUT2D eigenvalue weighted by molar-refractivity contribution is 6.31. The molecule has 0 spiro atoms. The summed E-state index contributed by atoms with van der Waals surface area (Å²) < 4.78 is 36.6. The van der Waals surface area contributed by atoms with Gasteiger partial charge in [0, 0.05) is 29.5 Å². The van der Waals surface area contributed by atoms with Gasteiger partial charge >= 0.3 is 5.97 Å². The van der Waals surface area contributed by atoms with Gasteiger partial charge in [0.1, 0.15) is 22.7 Å². The highest BCUT2D eigenvalue weighted by Gasteiger charge is 2.61. The first-order valence-corrected chi connectivity index (χ1v) is 13.3. The Labute approximate surface area is 238 Å². The highest BCUT2D eigenvalue weighted by Crippen LogP contribution is 2.52. The van der Waals surface area contributed by atoms with Crippen LogP contribution in [-0.4, -0.2) is 36.1 Å². The summed E-state index contributed by atoms with van der Waals surface area (Å²) in [7, 11) is 0. The Hall–Kier alpha value is -2.73. The van der Waals surface area contributed by atoms with Crippen LogP contribution in [0.15, 0.2) is 36.4 Å². The number of hydrogen-bond acceptors (Lipinski definition) is 5. The average molecular weight is 581 g/mol. The van der Waals surface area contributed by atoms with Crippen molar-refractivity contribution in [2.45, 2.75) is 77.0 Å². The zero-order valence-corrected chi connectivity index (χ0v) is 24.3. The minimum atomic E-state index is -1.72. The first-order valence-electron chi connectivity index (χ1n) is 12.6. The minimum absolute atomic E-state index is 0.00158. The van der Waals surface area contributed by atoms with Gasteiger partial charge in [-0.3, -0.25) is 9.59 Å². The van der Waals surface area contributed by atoms with Crippen molar-refractivity contribution in [1.29, 1.82) is 5.26 Å². The summed E-state index contributed by atoms with van der Waals surface area (Å²) in [6.07, 6.45) is 0.351. The van der Waals surface area contributed by atoms with Crippen LogP contribution < -0.4 is 10.6 Å². The quantitative estimate of drug-likeness (QED) is 0.389.